The average Bonchev–Trinajstić information content (AvgIpc) is 3.17. The molecule has 0 bridgehead atoms. The molecule has 29 heavy (non-hydrogen) atoms. The lowest BCUT2D eigenvalue weighted by molar-refractivity contribution is 1.24. The molecule has 3 aromatic heterocycles. The average molecular weight is 368 g/mol. The summed E-state index contributed by atoms with van der Waals surface area (Å²) in [7, 11) is 0. The van der Waals surface area contributed by atoms with Gasteiger partial charge in [0, 0.05) is 33.1 Å². The van der Waals surface area contributed by atoms with Gasteiger partial charge in [-0.2, -0.15) is 0 Å². The second-order valence-corrected chi connectivity index (χ2v) is 7.70. The van der Waals surface area contributed by atoms with Crippen LogP contribution in [-0.2, 0) is 0 Å². The summed E-state index contributed by atoms with van der Waals surface area (Å²) in [5, 5.41) is 9.98. The largest absolute Gasteiger partial charge is 0.299 e. The van der Waals surface area contributed by atoms with Crippen molar-refractivity contribution in [2.75, 3.05) is 0 Å². The highest BCUT2D eigenvalue weighted by atomic mass is 15.0. The van der Waals surface area contributed by atoms with E-state index < -0.39 is 0 Å². The van der Waals surface area contributed by atoms with Crippen molar-refractivity contribution in [2.45, 2.75) is 0 Å². The summed E-state index contributed by atoms with van der Waals surface area (Å²) >= 11 is 0. The van der Waals surface area contributed by atoms with Crippen molar-refractivity contribution in [2.24, 2.45) is 0 Å². The molecule has 0 radical (unpaired) electrons. The zero-order chi connectivity index (χ0) is 18.9. The summed E-state index contributed by atoms with van der Waals surface area (Å²) in [5.74, 6) is 0. The first kappa shape index (κ1) is 15.1. The minimum absolute atomic E-state index is 1.01. The maximum Gasteiger partial charge on any atom is 0.145 e. The smallest absolute Gasteiger partial charge is 0.145 e. The van der Waals surface area contributed by atoms with Crippen molar-refractivity contribution in [3.05, 3.63) is 97.2 Å². The van der Waals surface area contributed by atoms with E-state index in [1.54, 1.807) is 0 Å². The Bertz CT molecular complexity index is 1760. The van der Waals surface area contributed by atoms with Gasteiger partial charge in [-0.25, -0.2) is 4.98 Å². The maximum absolute atomic E-state index is 5.09. The minimum Gasteiger partial charge on any atom is -0.299 e. The molecule has 0 saturated carbocycles. The van der Waals surface area contributed by atoms with E-state index in [-0.39, 0.29) is 0 Å². The predicted octanol–water partition coefficient (Wildman–Crippen LogP) is 7.10. The Labute approximate surface area is 166 Å². The molecule has 134 valence electrons. The zero-order valence-corrected chi connectivity index (χ0v) is 15.6. The van der Waals surface area contributed by atoms with E-state index in [1.165, 1.54) is 48.6 Å². The molecule has 0 fully saturated rings. The van der Waals surface area contributed by atoms with Gasteiger partial charge in [-0.3, -0.25) is 4.40 Å². The van der Waals surface area contributed by atoms with Crippen molar-refractivity contribution in [3.63, 3.8) is 0 Å². The molecule has 2 heteroatoms. The van der Waals surface area contributed by atoms with E-state index >= 15 is 0 Å². The number of hydrogen-bond donors (Lipinski definition) is 0. The van der Waals surface area contributed by atoms with Gasteiger partial charge in [-0.15, -0.1) is 0 Å². The third-order valence-electron chi connectivity index (χ3n) is 6.11. The molecule has 7 rings (SSSR count). The lowest BCUT2D eigenvalue weighted by atomic mass is 9.98. The summed E-state index contributed by atoms with van der Waals surface area (Å²) < 4.78 is 2.29. The molecule has 0 amide bonds. The molecule has 0 atom stereocenters. The summed E-state index contributed by atoms with van der Waals surface area (Å²) in [6.07, 6.45) is 2.23. The Morgan fingerprint density at radius 1 is 0.552 bits per heavy atom. The van der Waals surface area contributed by atoms with Gasteiger partial charge < -0.3 is 0 Å². The fourth-order valence-electron chi connectivity index (χ4n) is 4.82. The second-order valence-electron chi connectivity index (χ2n) is 7.70. The molecular weight excluding hydrogens is 352 g/mol. The minimum atomic E-state index is 1.01. The second kappa shape index (κ2) is 5.33. The van der Waals surface area contributed by atoms with Crippen molar-refractivity contribution in [1.29, 1.82) is 0 Å². The highest BCUT2D eigenvalue weighted by Gasteiger charge is 2.16. The monoisotopic (exact) mass is 368 g/mol. The van der Waals surface area contributed by atoms with Crippen LogP contribution in [0.2, 0.25) is 0 Å². The predicted molar refractivity (Wildman–Crippen MR) is 123 cm³/mol. The molecule has 2 nitrogen and oxygen atoms in total. The third kappa shape index (κ3) is 1.93. The van der Waals surface area contributed by atoms with Crippen LogP contribution >= 0.6 is 0 Å². The van der Waals surface area contributed by atoms with Gasteiger partial charge >= 0.3 is 0 Å². The molecule has 7 aromatic rings. The molecule has 4 aromatic carbocycles. The number of nitrogens with zero attached hydrogens (tertiary/aromatic N) is 2. The molecule has 0 saturated heterocycles. The van der Waals surface area contributed by atoms with Gasteiger partial charge in [-0.1, -0.05) is 78.9 Å². The summed E-state index contributed by atoms with van der Waals surface area (Å²) in [6, 6.07) is 32.5. The Morgan fingerprint density at radius 2 is 1.28 bits per heavy atom. The van der Waals surface area contributed by atoms with Gasteiger partial charge in [0.1, 0.15) is 5.65 Å². The van der Waals surface area contributed by atoms with E-state index in [1.807, 2.05) is 0 Å². The number of aromatic nitrogens is 2. The number of hydrogen-bond acceptors (Lipinski definition) is 1. The molecule has 0 spiro atoms. The fraction of sp³-hybridized carbons (Fsp3) is 0. The number of para-hydroxylation sites is 1. The van der Waals surface area contributed by atoms with Gasteiger partial charge in [0.15, 0.2) is 0 Å². The van der Waals surface area contributed by atoms with Gasteiger partial charge in [-0.05, 0) is 28.3 Å². The van der Waals surface area contributed by atoms with Crippen LogP contribution in [0.5, 0.6) is 0 Å². The lowest BCUT2D eigenvalue weighted by Gasteiger charge is -2.12. The zero-order valence-electron chi connectivity index (χ0n) is 15.6. The summed E-state index contributed by atoms with van der Waals surface area (Å²) in [4.78, 5) is 5.09. The number of fused-ring (bicyclic) bond motifs is 11. The van der Waals surface area contributed by atoms with Crippen LogP contribution in [0.1, 0.15) is 0 Å². The highest BCUT2D eigenvalue weighted by molar-refractivity contribution is 6.27. The molecule has 3 heterocycles. The van der Waals surface area contributed by atoms with Crippen LogP contribution in [0.4, 0.5) is 0 Å². The Kier molecular flexibility index (Phi) is 2.77. The van der Waals surface area contributed by atoms with E-state index in [2.05, 4.69) is 102 Å². The van der Waals surface area contributed by atoms with E-state index in [9.17, 15) is 0 Å². The highest BCUT2D eigenvalue weighted by Crippen LogP contribution is 2.38. The Hall–Kier alpha value is -3.91. The summed E-state index contributed by atoms with van der Waals surface area (Å²) in [5.41, 5.74) is 3.28. The maximum atomic E-state index is 5.09. The van der Waals surface area contributed by atoms with Crippen molar-refractivity contribution in [1.82, 2.24) is 9.38 Å². The Morgan fingerprint density at radius 3 is 2.17 bits per heavy atom. The third-order valence-corrected chi connectivity index (χ3v) is 6.11. The number of benzene rings is 4. The van der Waals surface area contributed by atoms with E-state index in [0.29, 0.717) is 0 Å². The van der Waals surface area contributed by atoms with Gasteiger partial charge in [0.25, 0.3) is 0 Å². The topological polar surface area (TPSA) is 17.3 Å². The van der Waals surface area contributed by atoms with Gasteiger partial charge in [0.05, 0.1) is 11.0 Å². The van der Waals surface area contributed by atoms with E-state index in [4.69, 9.17) is 4.98 Å². The van der Waals surface area contributed by atoms with Crippen molar-refractivity contribution < 1.29 is 0 Å². The van der Waals surface area contributed by atoms with Crippen molar-refractivity contribution >= 4 is 59.8 Å². The van der Waals surface area contributed by atoms with Crippen LogP contribution in [-0.4, -0.2) is 9.38 Å². The molecular formula is C27H16N2. The lowest BCUT2D eigenvalue weighted by Crippen LogP contribution is -1.94. The fourth-order valence-corrected chi connectivity index (χ4v) is 4.82. The first-order chi connectivity index (χ1) is 14.4. The van der Waals surface area contributed by atoms with E-state index in [0.717, 1.165) is 11.2 Å². The molecule has 0 N–H and O–H groups in total. The van der Waals surface area contributed by atoms with Crippen molar-refractivity contribution in [3.8, 4) is 0 Å². The Balaban J connectivity index is 1.90. The van der Waals surface area contributed by atoms with Crippen LogP contribution in [0.25, 0.3) is 59.8 Å². The molecule has 0 unspecified atom stereocenters. The summed E-state index contributed by atoms with van der Waals surface area (Å²) in [6.45, 7) is 0. The SMILES string of the molecule is c1ccc2nc3c(cc2c1)c1ccc2ccccc2c1c1c2ccccc2cn31. The first-order valence-corrected chi connectivity index (χ1v) is 9.91. The molecule has 0 aliphatic heterocycles. The van der Waals surface area contributed by atoms with Crippen LogP contribution in [0.15, 0.2) is 97.2 Å². The first-order valence-electron chi connectivity index (χ1n) is 9.91. The van der Waals surface area contributed by atoms with Crippen LogP contribution < -0.4 is 0 Å². The standard InChI is InChI=1S/C27H16N2/c1-4-10-20-17(7-1)13-14-22-23-15-18-8-3-6-12-24(18)28-27(23)29-16-19-9-2-5-11-21(19)26(29)25(20)22/h1-16H. The number of rotatable bonds is 0. The molecule has 0 aliphatic rings. The quantitative estimate of drug-likeness (QED) is 0.206. The van der Waals surface area contributed by atoms with Crippen LogP contribution in [0, 0.1) is 0 Å². The van der Waals surface area contributed by atoms with Gasteiger partial charge in [0.2, 0.25) is 0 Å². The number of pyridine rings is 2. The van der Waals surface area contributed by atoms with Crippen LogP contribution in [0.3, 0.4) is 0 Å². The normalized spacial score (nSPS) is 12.1. The molecule has 0 aliphatic carbocycles.